The molecule has 1 heterocycles. The van der Waals surface area contributed by atoms with Crippen LogP contribution in [0.2, 0.25) is 0 Å². The number of amides is 2. The summed E-state index contributed by atoms with van der Waals surface area (Å²) in [4.78, 5) is 24.5. The summed E-state index contributed by atoms with van der Waals surface area (Å²) in [7, 11) is 1.38. The minimum Gasteiger partial charge on any atom is -0.357 e. The van der Waals surface area contributed by atoms with Gasteiger partial charge in [0.1, 0.15) is 11.7 Å². The minimum absolute atomic E-state index is 0.126. The number of para-hydroxylation sites is 1. The van der Waals surface area contributed by atoms with Crippen LogP contribution in [-0.4, -0.2) is 24.0 Å². The average molecular weight is 359 g/mol. The summed E-state index contributed by atoms with van der Waals surface area (Å²) in [5, 5.41) is 9.45. The van der Waals surface area contributed by atoms with Gasteiger partial charge in [-0.3, -0.25) is 9.59 Å². The number of rotatable bonds is 5. The van der Waals surface area contributed by atoms with Crippen molar-refractivity contribution in [2.45, 2.75) is 12.5 Å². The normalized spacial score (nSPS) is 12.0. The molecule has 1 unspecified atom stereocenters. The number of carbonyl (C=O) groups is 2. The zero-order valence-corrected chi connectivity index (χ0v) is 13.8. The van der Waals surface area contributed by atoms with Gasteiger partial charge in [-0.15, -0.1) is 0 Å². The Balaban J connectivity index is 1.81. The summed E-state index contributed by atoms with van der Waals surface area (Å²) in [6.07, 6.45) is -0.131. The average Bonchev–Trinajstić information content (AvgIpc) is 3.04. The Morgan fingerprint density at radius 2 is 1.92 bits per heavy atom. The van der Waals surface area contributed by atoms with E-state index in [1.54, 1.807) is 24.3 Å². The molecule has 2 aromatic carbocycles. The Bertz CT molecular complexity index is 971. The van der Waals surface area contributed by atoms with Crippen molar-refractivity contribution >= 4 is 22.8 Å². The van der Waals surface area contributed by atoms with E-state index >= 15 is 0 Å². The van der Waals surface area contributed by atoms with Gasteiger partial charge in [-0.1, -0.05) is 23.4 Å². The topological polar surface area (TPSA) is 84.2 Å². The second-order valence-electron chi connectivity index (χ2n) is 5.59. The molecular weight excluding hydrogens is 344 g/mol. The lowest BCUT2D eigenvalue weighted by Gasteiger charge is -2.17. The molecule has 0 aliphatic heterocycles. The Morgan fingerprint density at radius 3 is 2.65 bits per heavy atom. The largest absolute Gasteiger partial charge is 0.357 e. The fraction of sp³-hybridized carbons (Fsp3) is 0.167. The molecule has 0 aliphatic carbocycles. The van der Waals surface area contributed by atoms with Gasteiger partial charge in [-0.05, 0) is 29.8 Å². The van der Waals surface area contributed by atoms with Crippen LogP contribution < -0.4 is 10.6 Å². The van der Waals surface area contributed by atoms with Crippen LogP contribution in [-0.2, 0) is 16.0 Å². The standard InChI is InChI=1S/C18H15F2N3O3/c1-21-18(25)17(10-6-7-12(19)13(20)8-10)22-16(24)9-14-11-4-2-3-5-15(11)26-23-14/h2-8,17H,9H2,1H3,(H,21,25)(H,22,24). The van der Waals surface area contributed by atoms with Gasteiger partial charge in [0, 0.05) is 12.4 Å². The molecule has 0 fully saturated rings. The molecule has 0 aliphatic rings. The molecule has 6 nitrogen and oxygen atoms in total. The molecular formula is C18H15F2N3O3. The SMILES string of the molecule is CNC(=O)C(NC(=O)Cc1noc2ccccc12)c1ccc(F)c(F)c1. The third-order valence-electron chi connectivity index (χ3n) is 3.87. The van der Waals surface area contributed by atoms with Crippen LogP contribution in [0.4, 0.5) is 8.78 Å². The molecule has 3 rings (SSSR count). The van der Waals surface area contributed by atoms with Crippen LogP contribution in [0.1, 0.15) is 17.3 Å². The lowest BCUT2D eigenvalue weighted by Crippen LogP contribution is -2.39. The molecule has 8 heteroatoms. The van der Waals surface area contributed by atoms with E-state index in [1.165, 1.54) is 13.1 Å². The van der Waals surface area contributed by atoms with E-state index in [4.69, 9.17) is 4.52 Å². The molecule has 134 valence electrons. The fourth-order valence-corrected chi connectivity index (χ4v) is 2.57. The Labute approximate surface area is 147 Å². The lowest BCUT2D eigenvalue weighted by molar-refractivity contribution is -0.128. The Hall–Kier alpha value is -3.29. The molecule has 0 saturated heterocycles. The minimum atomic E-state index is -1.17. The van der Waals surface area contributed by atoms with Crippen molar-refractivity contribution in [1.82, 2.24) is 15.8 Å². The summed E-state index contributed by atoms with van der Waals surface area (Å²) >= 11 is 0. The molecule has 2 N–H and O–H groups in total. The lowest BCUT2D eigenvalue weighted by atomic mass is 10.0. The van der Waals surface area contributed by atoms with Crippen LogP contribution in [0.3, 0.4) is 0 Å². The van der Waals surface area contributed by atoms with Crippen molar-refractivity contribution < 1.29 is 22.9 Å². The van der Waals surface area contributed by atoms with Gasteiger partial charge in [0.05, 0.1) is 6.42 Å². The first kappa shape index (κ1) is 17.5. The van der Waals surface area contributed by atoms with Crippen molar-refractivity contribution in [2.75, 3.05) is 7.05 Å². The van der Waals surface area contributed by atoms with Gasteiger partial charge >= 0.3 is 0 Å². The zero-order chi connectivity index (χ0) is 18.7. The highest BCUT2D eigenvalue weighted by atomic mass is 19.2. The van der Waals surface area contributed by atoms with Crippen LogP contribution in [0, 0.1) is 11.6 Å². The third kappa shape index (κ3) is 3.53. The van der Waals surface area contributed by atoms with Crippen LogP contribution in [0.5, 0.6) is 0 Å². The first-order valence-corrected chi connectivity index (χ1v) is 7.79. The summed E-state index contributed by atoms with van der Waals surface area (Å²) < 4.78 is 31.7. The molecule has 2 amide bonds. The maximum absolute atomic E-state index is 13.5. The highest BCUT2D eigenvalue weighted by molar-refractivity contribution is 5.91. The van der Waals surface area contributed by atoms with Crippen LogP contribution in [0.25, 0.3) is 11.0 Å². The summed E-state index contributed by atoms with van der Waals surface area (Å²) in [5.41, 5.74) is 1.08. The number of aromatic nitrogens is 1. The molecule has 1 aromatic heterocycles. The van der Waals surface area contributed by atoms with Crippen molar-refractivity contribution in [3.05, 3.63) is 65.4 Å². The summed E-state index contributed by atoms with van der Waals surface area (Å²) in [6.45, 7) is 0. The highest BCUT2D eigenvalue weighted by Gasteiger charge is 2.24. The van der Waals surface area contributed by atoms with Crippen molar-refractivity contribution in [3.63, 3.8) is 0 Å². The second kappa shape index (κ2) is 7.30. The molecule has 0 saturated carbocycles. The second-order valence-corrected chi connectivity index (χ2v) is 5.59. The number of hydrogen-bond acceptors (Lipinski definition) is 4. The first-order chi connectivity index (χ1) is 12.5. The third-order valence-corrected chi connectivity index (χ3v) is 3.87. The number of likely N-dealkylation sites (N-methyl/N-ethyl adjacent to an activating group) is 1. The quantitative estimate of drug-likeness (QED) is 0.732. The van der Waals surface area contributed by atoms with E-state index < -0.39 is 29.5 Å². The zero-order valence-electron chi connectivity index (χ0n) is 13.8. The highest BCUT2D eigenvalue weighted by Crippen LogP contribution is 2.20. The van der Waals surface area contributed by atoms with E-state index in [-0.39, 0.29) is 12.0 Å². The fourth-order valence-electron chi connectivity index (χ4n) is 2.57. The number of carbonyl (C=O) groups excluding carboxylic acids is 2. The molecule has 0 spiro atoms. The monoisotopic (exact) mass is 359 g/mol. The number of hydrogen-bond donors (Lipinski definition) is 2. The van der Waals surface area contributed by atoms with Gasteiger partial charge in [0.25, 0.3) is 0 Å². The van der Waals surface area contributed by atoms with E-state index in [0.717, 1.165) is 12.1 Å². The van der Waals surface area contributed by atoms with Gasteiger partial charge in [0.2, 0.25) is 11.8 Å². The molecule has 1 atom stereocenters. The maximum Gasteiger partial charge on any atom is 0.246 e. The van der Waals surface area contributed by atoms with Gasteiger partial charge < -0.3 is 15.2 Å². The summed E-state index contributed by atoms with van der Waals surface area (Å²) in [5.74, 6) is -3.21. The predicted octanol–water partition coefficient (Wildman–Crippen LogP) is 2.25. The number of benzene rings is 2. The van der Waals surface area contributed by atoms with Crippen molar-refractivity contribution in [2.24, 2.45) is 0 Å². The van der Waals surface area contributed by atoms with Crippen LogP contribution in [0.15, 0.2) is 47.0 Å². The van der Waals surface area contributed by atoms with Crippen molar-refractivity contribution in [3.8, 4) is 0 Å². The summed E-state index contributed by atoms with van der Waals surface area (Å²) in [6, 6.07) is 8.90. The maximum atomic E-state index is 13.5. The number of halogens is 2. The molecule has 3 aromatic rings. The van der Waals surface area contributed by atoms with Gasteiger partial charge in [0.15, 0.2) is 17.2 Å². The Kier molecular flexibility index (Phi) is 4.92. The van der Waals surface area contributed by atoms with Crippen LogP contribution >= 0.6 is 0 Å². The predicted molar refractivity (Wildman–Crippen MR) is 89.0 cm³/mol. The molecule has 0 radical (unpaired) electrons. The van der Waals surface area contributed by atoms with Crippen molar-refractivity contribution in [1.29, 1.82) is 0 Å². The Morgan fingerprint density at radius 1 is 1.15 bits per heavy atom. The van der Waals surface area contributed by atoms with Gasteiger partial charge in [-0.2, -0.15) is 0 Å². The molecule has 26 heavy (non-hydrogen) atoms. The number of nitrogens with zero attached hydrogens (tertiary/aromatic N) is 1. The smallest absolute Gasteiger partial charge is 0.246 e. The first-order valence-electron chi connectivity index (χ1n) is 7.79. The van der Waals surface area contributed by atoms with E-state index in [1.807, 2.05) is 0 Å². The number of nitrogens with one attached hydrogen (secondary N) is 2. The molecule has 0 bridgehead atoms. The van der Waals surface area contributed by atoms with E-state index in [2.05, 4.69) is 15.8 Å². The van der Waals surface area contributed by atoms with E-state index in [0.29, 0.717) is 16.7 Å². The van der Waals surface area contributed by atoms with E-state index in [9.17, 15) is 18.4 Å². The van der Waals surface area contributed by atoms with Gasteiger partial charge in [-0.25, -0.2) is 8.78 Å². The number of fused-ring (bicyclic) bond motifs is 1.